The molecule has 26 nitrogen and oxygen atoms in total. The highest BCUT2D eigenvalue weighted by Crippen LogP contribution is 2.52. The van der Waals surface area contributed by atoms with E-state index in [0.29, 0.717) is 5.65 Å². The first-order chi connectivity index (χ1) is 33.5. The second-order valence-electron chi connectivity index (χ2n) is 16.4. The van der Waals surface area contributed by atoms with Crippen molar-refractivity contribution >= 4 is 56.5 Å². The first-order valence-electron chi connectivity index (χ1n) is 21.5. The van der Waals surface area contributed by atoms with Crippen LogP contribution in [0.3, 0.4) is 0 Å². The number of fused-ring (bicyclic) bond motifs is 1. The Morgan fingerprint density at radius 1 is 0.729 bits per heavy atom. The molecule has 372 valence electrons. The maximum Gasteiger partial charge on any atom is 0.472 e. The fraction of sp³-hybridized carbons (Fsp3) is 0.390. The number of nitrogens with one attached hydrogen (secondary N) is 2. The zero-order valence-corrected chi connectivity index (χ0v) is 39.4. The average Bonchev–Trinajstić information content (AvgIpc) is 4.13. The van der Waals surface area contributed by atoms with E-state index in [0.717, 1.165) is 19.7 Å². The van der Waals surface area contributed by atoms with Gasteiger partial charge in [-0.15, -0.1) is 0 Å². The van der Waals surface area contributed by atoms with Crippen LogP contribution in [0.15, 0.2) is 105 Å². The van der Waals surface area contributed by atoms with Crippen LogP contribution in [-0.4, -0.2) is 115 Å². The Morgan fingerprint density at radius 3 is 1.89 bits per heavy atom. The summed E-state index contributed by atoms with van der Waals surface area (Å²) in [6.45, 7) is -0.769. The Morgan fingerprint density at radius 2 is 1.26 bits per heavy atom. The number of aliphatic hydroxyl groups is 2. The Kier molecular flexibility index (Phi) is 14.4. The third-order valence-corrected chi connectivity index (χ3v) is 16.2. The fourth-order valence-electron chi connectivity index (χ4n) is 8.36. The summed E-state index contributed by atoms with van der Waals surface area (Å²) in [7, 11) is -11.9. The molecule has 8 N–H and O–H groups in total. The fourth-order valence-corrected chi connectivity index (χ4v) is 12.6. The third-order valence-electron chi connectivity index (χ3n) is 11.8. The Balaban J connectivity index is 0.949. The lowest BCUT2D eigenvalue weighted by atomic mass is 10.2. The number of nitrogens with two attached hydrogens (primary N) is 1. The maximum atomic E-state index is 13.7. The SMILES string of the molecule is Cc1cn([C@H]2C[C@H](O)[C@@H](COP(=O)(O)O[C@H]3C[C@H](n4cc(P(c5ccccc5)c5ccccc5)c(=O)[nH]c4=O)O[C@@H]3COP(=O)(O)O[C@H]3C[C@H](n4cnc5c(N)ncnc54)O[C@@H]3CO)O2)c(=O)[nH]c1=O. The molecule has 2 aromatic carbocycles. The quantitative estimate of drug-likeness (QED) is 0.0581. The second kappa shape index (κ2) is 20.4. The molecule has 29 heteroatoms. The molecule has 11 atom stereocenters. The molecule has 0 amide bonds. The Hall–Kier alpha value is -5.40. The van der Waals surface area contributed by atoms with Crippen molar-refractivity contribution in [3.63, 3.8) is 0 Å². The number of nitrogens with zero attached hydrogens (tertiary/aromatic N) is 6. The van der Waals surface area contributed by atoms with Gasteiger partial charge in [0.1, 0.15) is 61.0 Å². The highest BCUT2D eigenvalue weighted by molar-refractivity contribution is 7.79. The molecule has 3 fully saturated rings. The van der Waals surface area contributed by atoms with Crippen LogP contribution in [0.2, 0.25) is 0 Å². The number of aryl methyl sites for hydroxylation is 1. The van der Waals surface area contributed by atoms with Crippen molar-refractivity contribution in [2.45, 2.75) is 81.5 Å². The van der Waals surface area contributed by atoms with E-state index in [1.165, 1.54) is 36.5 Å². The first-order valence-corrected chi connectivity index (χ1v) is 25.9. The number of H-pyrrole nitrogens is 2. The molecule has 4 aromatic heterocycles. The van der Waals surface area contributed by atoms with Gasteiger partial charge in [-0.1, -0.05) is 60.7 Å². The summed E-state index contributed by atoms with van der Waals surface area (Å²) in [6.07, 6.45) is -6.78. The van der Waals surface area contributed by atoms with Gasteiger partial charge in [-0.3, -0.25) is 51.4 Å². The number of hydrogen-bond acceptors (Lipinski definition) is 19. The van der Waals surface area contributed by atoms with Gasteiger partial charge in [0.2, 0.25) is 0 Å². The molecule has 2 unspecified atom stereocenters. The van der Waals surface area contributed by atoms with Crippen LogP contribution in [0.4, 0.5) is 5.82 Å². The van der Waals surface area contributed by atoms with Crippen LogP contribution >= 0.6 is 23.6 Å². The number of aliphatic hydroxyl groups excluding tert-OH is 2. The Labute approximate surface area is 395 Å². The van der Waals surface area contributed by atoms with Gasteiger partial charge in [-0.25, -0.2) is 33.7 Å². The van der Waals surface area contributed by atoms with Crippen LogP contribution in [-0.2, 0) is 41.4 Å². The van der Waals surface area contributed by atoms with Crippen molar-refractivity contribution in [1.29, 1.82) is 0 Å². The van der Waals surface area contributed by atoms with Crippen molar-refractivity contribution in [3.8, 4) is 0 Å². The van der Waals surface area contributed by atoms with E-state index in [4.69, 9.17) is 38.0 Å². The van der Waals surface area contributed by atoms with E-state index in [1.54, 1.807) is 0 Å². The van der Waals surface area contributed by atoms with Crippen LogP contribution in [0, 0.1) is 6.92 Å². The number of imidazole rings is 1. The van der Waals surface area contributed by atoms with Gasteiger partial charge in [-0.2, -0.15) is 0 Å². The van der Waals surface area contributed by atoms with E-state index in [2.05, 4.69) is 24.9 Å². The summed E-state index contributed by atoms with van der Waals surface area (Å²) in [5.41, 5.74) is 3.67. The molecule has 0 bridgehead atoms. The monoisotopic (exact) mass is 1030 g/mol. The molecule has 3 aliphatic rings. The van der Waals surface area contributed by atoms with E-state index in [1.807, 2.05) is 60.7 Å². The highest BCUT2D eigenvalue weighted by Gasteiger charge is 2.47. The molecule has 7 heterocycles. The normalized spacial score (nSPS) is 26.5. The molecule has 0 spiro atoms. The summed E-state index contributed by atoms with van der Waals surface area (Å²) < 4.78 is 70.6. The molecule has 3 aliphatic heterocycles. The largest absolute Gasteiger partial charge is 0.472 e. The molecule has 70 heavy (non-hydrogen) atoms. The smallest absolute Gasteiger partial charge is 0.394 e. The van der Waals surface area contributed by atoms with Gasteiger partial charge in [0.25, 0.3) is 11.1 Å². The van der Waals surface area contributed by atoms with Crippen molar-refractivity contribution in [2.75, 3.05) is 25.6 Å². The summed E-state index contributed by atoms with van der Waals surface area (Å²) in [5, 5.41) is 22.7. The topological polar surface area (TPSA) is 359 Å². The van der Waals surface area contributed by atoms with Crippen molar-refractivity contribution in [1.82, 2.24) is 38.6 Å². The standard InChI is InChI=1S/C41H46N9O17P3/c1-22-15-48(40(55)46-38(22)53)32-12-25(52)29(64-32)18-61-69(57,58)67-27-14-33(49-16-31(39(54)47-41(49)56)68(23-8-4-2-5-9-23)24-10-6-3-7-11-24)65-30(27)19-62-70(59,60)66-26-13-34(63-28(26)17-51)50-21-45-35-36(42)43-20-44-37(35)50/h2-11,15-16,20-21,25-30,32-34,51-52H,12-14,17-19H2,1H3,(H,57,58)(H,59,60)(H2,42,43,44)(H,46,53,55)(H,47,54,56)/t25-,26-,27-,28+,29+,30+,32+,33+,34+/m0/s1. The number of phosphoric acid groups is 2. The second-order valence-corrected chi connectivity index (χ2v) is 21.4. The molecular formula is C41H46N9O17P3. The molecule has 9 rings (SSSR count). The summed E-state index contributed by atoms with van der Waals surface area (Å²) in [4.78, 5) is 90.6. The lowest BCUT2D eigenvalue weighted by Crippen LogP contribution is -2.42. The van der Waals surface area contributed by atoms with E-state index >= 15 is 0 Å². The van der Waals surface area contributed by atoms with Crippen molar-refractivity contribution in [3.05, 3.63) is 133 Å². The number of anilines is 1. The number of rotatable bonds is 17. The number of aromatic nitrogens is 8. The number of benzene rings is 2. The van der Waals surface area contributed by atoms with Gasteiger partial charge in [0, 0.05) is 37.2 Å². The van der Waals surface area contributed by atoms with Crippen LogP contribution in [0.25, 0.3) is 11.2 Å². The van der Waals surface area contributed by atoms with Crippen molar-refractivity contribution < 1.29 is 61.4 Å². The van der Waals surface area contributed by atoms with Crippen LogP contribution in [0.5, 0.6) is 0 Å². The molecule has 0 aliphatic carbocycles. The highest BCUT2D eigenvalue weighted by atomic mass is 31.2. The Bertz CT molecular complexity index is 3150. The molecule has 6 aromatic rings. The van der Waals surface area contributed by atoms with Gasteiger partial charge in [0.15, 0.2) is 11.5 Å². The van der Waals surface area contributed by atoms with E-state index < -0.39 is 128 Å². The predicted molar refractivity (Wildman–Crippen MR) is 246 cm³/mol. The van der Waals surface area contributed by atoms with Crippen molar-refractivity contribution in [2.24, 2.45) is 0 Å². The predicted octanol–water partition coefficient (Wildman–Crippen LogP) is -0.204. The van der Waals surface area contributed by atoms with Gasteiger partial charge in [-0.05, 0) is 25.5 Å². The van der Waals surface area contributed by atoms with Crippen LogP contribution in [0.1, 0.15) is 43.5 Å². The molecular weight excluding hydrogens is 983 g/mol. The lowest BCUT2D eigenvalue weighted by molar-refractivity contribution is -0.0615. The third kappa shape index (κ3) is 10.6. The number of phosphoric ester groups is 2. The van der Waals surface area contributed by atoms with E-state index in [9.17, 15) is 48.3 Å². The average molecular weight is 1030 g/mol. The summed E-state index contributed by atoms with van der Waals surface area (Å²) in [6, 6.07) is 18.3. The summed E-state index contributed by atoms with van der Waals surface area (Å²) in [5.74, 6) is 0.104. The zero-order chi connectivity index (χ0) is 49.5. The summed E-state index contributed by atoms with van der Waals surface area (Å²) >= 11 is 0. The minimum absolute atomic E-state index is 0.0966. The van der Waals surface area contributed by atoms with E-state index in [-0.39, 0.29) is 35.0 Å². The molecule has 3 saturated heterocycles. The van der Waals surface area contributed by atoms with Crippen LogP contribution < -0.4 is 44.1 Å². The first kappa shape index (κ1) is 49.6. The molecule has 0 radical (unpaired) electrons. The number of hydrogen-bond donors (Lipinski definition) is 7. The van der Waals surface area contributed by atoms with Gasteiger partial charge in [0.05, 0.1) is 37.6 Å². The number of nitrogen functional groups attached to an aromatic ring is 1. The molecule has 0 saturated carbocycles. The number of aromatic amines is 2. The van der Waals surface area contributed by atoms with Gasteiger partial charge < -0.3 is 39.9 Å². The van der Waals surface area contributed by atoms with Gasteiger partial charge >= 0.3 is 27.0 Å². The number of ether oxygens (including phenoxy) is 3. The maximum absolute atomic E-state index is 13.7. The lowest BCUT2D eigenvalue weighted by Gasteiger charge is -2.24. The minimum Gasteiger partial charge on any atom is -0.394 e. The zero-order valence-electron chi connectivity index (χ0n) is 36.7. The minimum atomic E-state index is -5.19.